The van der Waals surface area contributed by atoms with E-state index in [-0.39, 0.29) is 36.0 Å². The first kappa shape index (κ1) is 19.8. The Balaban J connectivity index is 2.06. The maximum Gasteiger partial charge on any atom is 0.342 e. The molecule has 144 valence electrons. The number of ether oxygens (including phenoxy) is 5. The Bertz CT molecular complexity index is 651. The van der Waals surface area contributed by atoms with Crippen molar-refractivity contribution < 1.29 is 33.3 Å². The zero-order valence-electron chi connectivity index (χ0n) is 15.7. The molecule has 0 aromatic heterocycles. The summed E-state index contributed by atoms with van der Waals surface area (Å²) in [5.41, 5.74) is 0.154. The van der Waals surface area contributed by atoms with E-state index in [1.165, 1.54) is 33.5 Å². The van der Waals surface area contributed by atoms with Crippen molar-refractivity contribution in [3.63, 3.8) is 0 Å². The van der Waals surface area contributed by atoms with Crippen LogP contribution in [0.5, 0.6) is 17.2 Å². The molecule has 0 unspecified atom stereocenters. The van der Waals surface area contributed by atoms with Gasteiger partial charge in [0.25, 0.3) is 5.91 Å². The number of nitrogens with zero attached hydrogens (tertiary/aromatic N) is 1. The zero-order valence-corrected chi connectivity index (χ0v) is 15.7. The van der Waals surface area contributed by atoms with E-state index in [1.54, 1.807) is 4.90 Å². The van der Waals surface area contributed by atoms with E-state index < -0.39 is 5.97 Å². The summed E-state index contributed by atoms with van der Waals surface area (Å²) in [6.45, 7) is 4.39. The Labute approximate surface area is 152 Å². The molecule has 0 spiro atoms. The summed E-state index contributed by atoms with van der Waals surface area (Å²) >= 11 is 0. The predicted molar refractivity (Wildman–Crippen MR) is 93.0 cm³/mol. The summed E-state index contributed by atoms with van der Waals surface area (Å²) < 4.78 is 26.4. The van der Waals surface area contributed by atoms with Gasteiger partial charge < -0.3 is 28.6 Å². The molecule has 1 fully saturated rings. The van der Waals surface area contributed by atoms with Crippen molar-refractivity contribution in [3.05, 3.63) is 17.7 Å². The molecule has 26 heavy (non-hydrogen) atoms. The minimum absolute atomic E-state index is 0.0515. The van der Waals surface area contributed by atoms with Crippen LogP contribution in [-0.2, 0) is 14.3 Å². The van der Waals surface area contributed by atoms with Crippen molar-refractivity contribution >= 4 is 11.9 Å². The van der Waals surface area contributed by atoms with E-state index >= 15 is 0 Å². The quantitative estimate of drug-likeness (QED) is 0.705. The number of methoxy groups -OCH3 is 3. The SMILES string of the molecule is COc1cc(OC)c(C(=O)OCC(=O)N2C[C@@H](C)O[C@@H](C)C2)cc1OC. The first-order valence-corrected chi connectivity index (χ1v) is 8.30. The Morgan fingerprint density at radius 3 is 2.08 bits per heavy atom. The normalized spacial score (nSPS) is 19.7. The van der Waals surface area contributed by atoms with Gasteiger partial charge >= 0.3 is 5.97 Å². The van der Waals surface area contributed by atoms with Gasteiger partial charge in [-0.25, -0.2) is 4.79 Å². The van der Waals surface area contributed by atoms with Crippen LogP contribution < -0.4 is 14.2 Å². The average Bonchev–Trinajstić information content (AvgIpc) is 2.63. The van der Waals surface area contributed by atoms with Crippen molar-refractivity contribution in [1.29, 1.82) is 0 Å². The molecule has 0 radical (unpaired) electrons. The molecule has 8 heteroatoms. The number of morpholine rings is 1. The highest BCUT2D eigenvalue weighted by atomic mass is 16.5. The van der Waals surface area contributed by atoms with E-state index in [1.807, 2.05) is 13.8 Å². The van der Waals surface area contributed by atoms with E-state index in [2.05, 4.69) is 0 Å². The molecular formula is C18H25NO7. The molecule has 1 heterocycles. The third kappa shape index (κ3) is 4.57. The molecule has 0 bridgehead atoms. The fourth-order valence-electron chi connectivity index (χ4n) is 2.87. The molecule has 1 amide bonds. The summed E-state index contributed by atoms with van der Waals surface area (Å²) in [4.78, 5) is 26.4. The molecule has 1 aliphatic rings. The van der Waals surface area contributed by atoms with Gasteiger partial charge in [0.2, 0.25) is 0 Å². The molecule has 0 N–H and O–H groups in total. The fraction of sp³-hybridized carbons (Fsp3) is 0.556. The Morgan fingerprint density at radius 2 is 1.54 bits per heavy atom. The number of amides is 1. The summed E-state index contributed by atoms with van der Waals surface area (Å²) in [6, 6.07) is 2.99. The van der Waals surface area contributed by atoms with Gasteiger partial charge in [-0.05, 0) is 13.8 Å². The van der Waals surface area contributed by atoms with Crippen molar-refractivity contribution in [2.75, 3.05) is 41.0 Å². The molecule has 2 atom stereocenters. The van der Waals surface area contributed by atoms with Gasteiger partial charge in [0.15, 0.2) is 18.1 Å². The highest BCUT2D eigenvalue weighted by Gasteiger charge is 2.27. The molecule has 8 nitrogen and oxygen atoms in total. The molecular weight excluding hydrogens is 342 g/mol. The molecule has 1 saturated heterocycles. The zero-order chi connectivity index (χ0) is 19.3. The maximum atomic E-state index is 12.4. The van der Waals surface area contributed by atoms with Crippen LogP contribution in [0.3, 0.4) is 0 Å². The number of hydrogen-bond donors (Lipinski definition) is 0. The van der Waals surface area contributed by atoms with Crippen LogP contribution in [-0.4, -0.2) is 70.0 Å². The monoisotopic (exact) mass is 367 g/mol. The van der Waals surface area contributed by atoms with E-state index in [0.29, 0.717) is 24.6 Å². The van der Waals surface area contributed by atoms with Gasteiger partial charge in [-0.15, -0.1) is 0 Å². The molecule has 0 saturated carbocycles. The molecule has 1 aliphatic heterocycles. The molecule has 2 rings (SSSR count). The predicted octanol–water partition coefficient (Wildman–Crippen LogP) is 1.50. The summed E-state index contributed by atoms with van der Waals surface area (Å²) in [6.07, 6.45) is -0.103. The number of hydrogen-bond acceptors (Lipinski definition) is 7. The van der Waals surface area contributed by atoms with E-state index in [4.69, 9.17) is 23.7 Å². The van der Waals surface area contributed by atoms with Crippen LogP contribution in [0.4, 0.5) is 0 Å². The first-order valence-electron chi connectivity index (χ1n) is 8.30. The van der Waals surface area contributed by atoms with Gasteiger partial charge in [-0.3, -0.25) is 4.79 Å². The van der Waals surface area contributed by atoms with Crippen molar-refractivity contribution in [3.8, 4) is 17.2 Å². The maximum absolute atomic E-state index is 12.4. The smallest absolute Gasteiger partial charge is 0.342 e. The van der Waals surface area contributed by atoms with Crippen molar-refractivity contribution in [1.82, 2.24) is 4.90 Å². The van der Waals surface area contributed by atoms with Crippen LogP contribution >= 0.6 is 0 Å². The lowest BCUT2D eigenvalue weighted by Crippen LogP contribution is -2.49. The van der Waals surface area contributed by atoms with Crippen molar-refractivity contribution in [2.24, 2.45) is 0 Å². The minimum atomic E-state index is -0.675. The molecule has 0 aliphatic carbocycles. The summed E-state index contributed by atoms with van der Waals surface area (Å²) in [7, 11) is 4.38. The Kier molecular flexibility index (Phi) is 6.68. The number of rotatable bonds is 6. The van der Waals surface area contributed by atoms with Gasteiger partial charge in [0.05, 0.1) is 33.5 Å². The van der Waals surface area contributed by atoms with Crippen LogP contribution in [0, 0.1) is 0 Å². The van der Waals surface area contributed by atoms with Crippen LogP contribution in [0.2, 0.25) is 0 Å². The number of esters is 1. The highest BCUT2D eigenvalue weighted by Crippen LogP contribution is 2.34. The van der Waals surface area contributed by atoms with Crippen LogP contribution in [0.1, 0.15) is 24.2 Å². The fourth-order valence-corrected chi connectivity index (χ4v) is 2.87. The third-order valence-corrected chi connectivity index (χ3v) is 4.02. The van der Waals surface area contributed by atoms with Gasteiger partial charge in [0, 0.05) is 25.2 Å². The number of benzene rings is 1. The minimum Gasteiger partial charge on any atom is -0.496 e. The van der Waals surface area contributed by atoms with Crippen LogP contribution in [0.25, 0.3) is 0 Å². The van der Waals surface area contributed by atoms with Gasteiger partial charge in [-0.1, -0.05) is 0 Å². The van der Waals surface area contributed by atoms with E-state index in [9.17, 15) is 9.59 Å². The second kappa shape index (κ2) is 8.75. The van der Waals surface area contributed by atoms with Gasteiger partial charge in [0.1, 0.15) is 11.3 Å². The van der Waals surface area contributed by atoms with E-state index in [0.717, 1.165) is 0 Å². The topological polar surface area (TPSA) is 83.5 Å². The van der Waals surface area contributed by atoms with Crippen molar-refractivity contribution in [2.45, 2.75) is 26.1 Å². The number of carbonyl (C=O) groups excluding carboxylic acids is 2. The summed E-state index contributed by atoms with van der Waals surface area (Å²) in [5.74, 6) is 0.120. The lowest BCUT2D eigenvalue weighted by atomic mass is 10.1. The van der Waals surface area contributed by atoms with Crippen LogP contribution in [0.15, 0.2) is 12.1 Å². The Morgan fingerprint density at radius 1 is 1.00 bits per heavy atom. The standard InChI is InChI=1S/C18H25NO7/c1-11-8-19(9-12(2)26-11)17(20)10-25-18(21)13-6-15(23-4)16(24-5)7-14(13)22-3/h6-7,11-12H,8-10H2,1-5H3/t11-,12+. The molecule has 1 aromatic carbocycles. The number of carbonyl (C=O) groups is 2. The summed E-state index contributed by atoms with van der Waals surface area (Å²) in [5, 5.41) is 0. The molecule has 1 aromatic rings. The lowest BCUT2D eigenvalue weighted by Gasteiger charge is -2.35. The second-order valence-electron chi connectivity index (χ2n) is 6.04. The third-order valence-electron chi connectivity index (χ3n) is 4.02. The van der Waals surface area contributed by atoms with Gasteiger partial charge in [-0.2, -0.15) is 0 Å². The lowest BCUT2D eigenvalue weighted by molar-refractivity contribution is -0.146. The Hall–Kier alpha value is -2.48. The highest BCUT2D eigenvalue weighted by molar-refractivity contribution is 5.95. The second-order valence-corrected chi connectivity index (χ2v) is 6.04. The largest absolute Gasteiger partial charge is 0.496 e. The first-order chi connectivity index (χ1) is 12.4. The average molecular weight is 367 g/mol.